The fourth-order valence-corrected chi connectivity index (χ4v) is 2.18. The number of pyridine rings is 1. The Bertz CT molecular complexity index is 529. The maximum atomic E-state index is 12.3. The highest BCUT2D eigenvalue weighted by molar-refractivity contribution is 5.54. The summed E-state index contributed by atoms with van der Waals surface area (Å²) in [6.07, 6.45) is -4.23. The number of nitrogen functional groups attached to an aromatic ring is 1. The number of nitrogens with zero attached hydrogens (tertiary/aromatic N) is 4. The largest absolute Gasteiger partial charge is 0.401 e. The van der Waals surface area contributed by atoms with Crippen LogP contribution in [-0.4, -0.2) is 53.7 Å². The monoisotopic (exact) mass is 305 g/mol. The van der Waals surface area contributed by atoms with Crippen LogP contribution in [0.25, 0.3) is 0 Å². The van der Waals surface area contributed by atoms with Gasteiger partial charge in [0.2, 0.25) is 0 Å². The summed E-state index contributed by atoms with van der Waals surface area (Å²) in [6, 6.07) is 2.42. The van der Waals surface area contributed by atoms with Gasteiger partial charge >= 0.3 is 6.18 Å². The van der Waals surface area contributed by atoms with E-state index in [0.29, 0.717) is 18.9 Å². The van der Waals surface area contributed by atoms with Crippen LogP contribution in [0.2, 0.25) is 0 Å². The van der Waals surface area contributed by atoms with Crippen LogP contribution in [0.3, 0.4) is 0 Å². The van der Waals surface area contributed by atoms with Gasteiger partial charge in [-0.25, -0.2) is 4.98 Å². The lowest BCUT2D eigenvalue weighted by Gasteiger charge is -2.35. The maximum Gasteiger partial charge on any atom is 0.401 e. The summed E-state index contributed by atoms with van der Waals surface area (Å²) in [6.45, 7) is 0.0896. The van der Waals surface area contributed by atoms with Crippen molar-refractivity contribution in [3.8, 4) is 0 Å². The zero-order chi connectivity index (χ0) is 15.6. The van der Waals surface area contributed by atoms with Crippen LogP contribution in [0.15, 0.2) is 12.1 Å². The Morgan fingerprint density at radius 3 is 2.43 bits per heavy atom. The van der Waals surface area contributed by atoms with Crippen LogP contribution >= 0.6 is 0 Å². The number of hydrogen-bond acceptors (Lipinski definition) is 6. The van der Waals surface area contributed by atoms with Gasteiger partial charge in [0.15, 0.2) is 0 Å². The van der Waals surface area contributed by atoms with Gasteiger partial charge in [-0.1, -0.05) is 0 Å². The molecule has 7 nitrogen and oxygen atoms in total. The number of halogens is 3. The fourth-order valence-electron chi connectivity index (χ4n) is 2.18. The summed E-state index contributed by atoms with van der Waals surface area (Å²) < 4.78 is 36.9. The molecular formula is C11H14F3N5O2. The van der Waals surface area contributed by atoms with E-state index in [-0.39, 0.29) is 24.6 Å². The topological polar surface area (TPSA) is 88.5 Å². The predicted molar refractivity (Wildman–Crippen MR) is 70.0 cm³/mol. The molecule has 0 aliphatic carbocycles. The second-order valence-electron chi connectivity index (χ2n) is 4.74. The highest BCUT2D eigenvalue weighted by Gasteiger charge is 2.32. The zero-order valence-corrected chi connectivity index (χ0v) is 11.0. The molecule has 0 amide bonds. The molecule has 1 aromatic rings. The smallest absolute Gasteiger partial charge is 0.383 e. The van der Waals surface area contributed by atoms with Crippen molar-refractivity contribution in [1.29, 1.82) is 0 Å². The van der Waals surface area contributed by atoms with Gasteiger partial charge in [0, 0.05) is 26.2 Å². The van der Waals surface area contributed by atoms with Crippen molar-refractivity contribution in [3.63, 3.8) is 0 Å². The molecule has 0 spiro atoms. The number of piperazine rings is 1. The van der Waals surface area contributed by atoms with Crippen LogP contribution in [-0.2, 0) is 0 Å². The average Bonchev–Trinajstić information content (AvgIpc) is 2.37. The molecule has 0 radical (unpaired) electrons. The van der Waals surface area contributed by atoms with Crippen LogP contribution in [0.1, 0.15) is 0 Å². The van der Waals surface area contributed by atoms with E-state index in [4.69, 9.17) is 5.73 Å². The molecule has 0 unspecified atom stereocenters. The normalized spacial score (nSPS) is 17.0. The molecule has 2 rings (SSSR count). The number of alkyl halides is 3. The van der Waals surface area contributed by atoms with Gasteiger partial charge in [-0.05, 0) is 0 Å². The number of rotatable bonds is 3. The Kier molecular flexibility index (Phi) is 4.16. The zero-order valence-electron chi connectivity index (χ0n) is 11.0. The van der Waals surface area contributed by atoms with Crippen LogP contribution in [0, 0.1) is 10.1 Å². The maximum absolute atomic E-state index is 12.3. The lowest BCUT2D eigenvalue weighted by molar-refractivity contribution is -0.384. The first kappa shape index (κ1) is 15.3. The second kappa shape index (κ2) is 5.72. The third-order valence-corrected chi connectivity index (χ3v) is 3.13. The summed E-state index contributed by atoms with van der Waals surface area (Å²) in [4.78, 5) is 17.2. The van der Waals surface area contributed by atoms with Crippen molar-refractivity contribution in [1.82, 2.24) is 9.88 Å². The Morgan fingerprint density at radius 1 is 1.29 bits per heavy atom. The first-order chi connectivity index (χ1) is 9.74. The van der Waals surface area contributed by atoms with Gasteiger partial charge in [-0.2, -0.15) is 13.2 Å². The van der Waals surface area contributed by atoms with Crippen molar-refractivity contribution in [3.05, 3.63) is 22.2 Å². The third-order valence-electron chi connectivity index (χ3n) is 3.13. The molecule has 0 saturated carbocycles. The van der Waals surface area contributed by atoms with Gasteiger partial charge < -0.3 is 10.6 Å². The van der Waals surface area contributed by atoms with Gasteiger partial charge in [0.05, 0.1) is 23.6 Å². The minimum Gasteiger partial charge on any atom is -0.383 e. The lowest BCUT2D eigenvalue weighted by Crippen LogP contribution is -2.49. The van der Waals surface area contributed by atoms with Gasteiger partial charge in [-0.3, -0.25) is 15.0 Å². The summed E-state index contributed by atoms with van der Waals surface area (Å²) in [5.74, 6) is 0.324. The molecule has 1 fully saturated rings. The highest BCUT2D eigenvalue weighted by atomic mass is 19.4. The Labute approximate surface area is 118 Å². The molecule has 1 aliphatic rings. The molecule has 1 aromatic heterocycles. The molecule has 2 heterocycles. The Morgan fingerprint density at radius 2 is 1.90 bits per heavy atom. The van der Waals surface area contributed by atoms with E-state index in [1.807, 2.05) is 0 Å². The van der Waals surface area contributed by atoms with Crippen molar-refractivity contribution in [2.45, 2.75) is 6.18 Å². The molecular weight excluding hydrogens is 291 g/mol. The molecule has 21 heavy (non-hydrogen) atoms. The molecule has 2 N–H and O–H groups in total. The summed E-state index contributed by atoms with van der Waals surface area (Å²) in [5, 5.41) is 10.8. The molecule has 116 valence electrons. The van der Waals surface area contributed by atoms with E-state index in [0.717, 1.165) is 6.07 Å². The van der Waals surface area contributed by atoms with E-state index in [1.165, 1.54) is 11.0 Å². The molecule has 0 atom stereocenters. The van der Waals surface area contributed by atoms with Gasteiger partial charge in [0.25, 0.3) is 5.69 Å². The molecule has 0 bridgehead atoms. The van der Waals surface area contributed by atoms with Gasteiger partial charge in [-0.15, -0.1) is 0 Å². The quantitative estimate of drug-likeness (QED) is 0.668. The minimum absolute atomic E-state index is 0.0110. The Hall–Kier alpha value is -2.10. The minimum atomic E-state index is -4.23. The molecule has 1 aliphatic heterocycles. The number of nitro groups is 1. The number of aromatic nitrogens is 1. The van der Waals surface area contributed by atoms with Crippen molar-refractivity contribution in [2.24, 2.45) is 0 Å². The van der Waals surface area contributed by atoms with E-state index < -0.39 is 17.6 Å². The lowest BCUT2D eigenvalue weighted by atomic mass is 10.3. The SMILES string of the molecule is Nc1cc([N+](=O)[O-])cc(N2CCN(CC(F)(F)F)CC2)n1. The first-order valence-corrected chi connectivity index (χ1v) is 6.20. The summed E-state index contributed by atoms with van der Waals surface area (Å²) in [5.41, 5.74) is 5.33. The first-order valence-electron chi connectivity index (χ1n) is 6.20. The second-order valence-corrected chi connectivity index (χ2v) is 4.74. The van der Waals surface area contributed by atoms with Crippen molar-refractivity contribution in [2.75, 3.05) is 43.4 Å². The van der Waals surface area contributed by atoms with Crippen LogP contribution in [0.4, 0.5) is 30.5 Å². The Balaban J connectivity index is 2.04. The van der Waals surface area contributed by atoms with E-state index >= 15 is 0 Å². The number of hydrogen-bond donors (Lipinski definition) is 1. The summed E-state index contributed by atoms with van der Waals surface area (Å²) in [7, 11) is 0. The summed E-state index contributed by atoms with van der Waals surface area (Å²) >= 11 is 0. The number of nitrogens with two attached hydrogens (primary N) is 1. The molecule has 0 aromatic carbocycles. The van der Waals surface area contributed by atoms with Crippen molar-refractivity contribution >= 4 is 17.3 Å². The van der Waals surface area contributed by atoms with Crippen molar-refractivity contribution < 1.29 is 18.1 Å². The third kappa shape index (κ3) is 4.18. The molecule has 10 heteroatoms. The molecule has 1 saturated heterocycles. The fraction of sp³-hybridized carbons (Fsp3) is 0.545. The van der Waals surface area contributed by atoms with Crippen LogP contribution < -0.4 is 10.6 Å². The average molecular weight is 305 g/mol. The standard InChI is InChI=1S/C11H14F3N5O2/c12-11(13,14)7-17-1-3-18(4-2-17)10-6-8(19(20)21)5-9(15)16-10/h5-6H,1-4,7H2,(H2,15,16). The van der Waals surface area contributed by atoms with E-state index in [9.17, 15) is 23.3 Å². The van der Waals surface area contributed by atoms with Crippen LogP contribution in [0.5, 0.6) is 0 Å². The predicted octanol–water partition coefficient (Wildman–Crippen LogP) is 1.26. The van der Waals surface area contributed by atoms with E-state index in [1.54, 1.807) is 4.90 Å². The number of anilines is 2. The van der Waals surface area contributed by atoms with E-state index in [2.05, 4.69) is 4.98 Å². The highest BCUT2D eigenvalue weighted by Crippen LogP contribution is 2.24. The van der Waals surface area contributed by atoms with Gasteiger partial charge in [0.1, 0.15) is 11.6 Å².